The van der Waals surface area contributed by atoms with Crippen molar-refractivity contribution in [3.8, 4) is 5.75 Å². The molecule has 3 nitrogen and oxygen atoms in total. The highest BCUT2D eigenvalue weighted by Gasteiger charge is 2.33. The van der Waals surface area contributed by atoms with Gasteiger partial charge in [0.05, 0.1) is 29.7 Å². The largest absolute Gasteiger partial charge is 0.497 e. The molecule has 0 radical (unpaired) electrons. The number of nitrogens with two attached hydrogens (primary N) is 1. The monoisotopic (exact) mass is 316 g/mol. The van der Waals surface area contributed by atoms with Crippen molar-refractivity contribution in [1.82, 2.24) is 0 Å². The number of hydrogen-bond donors (Lipinski definition) is 2. The zero-order chi connectivity index (χ0) is 15.6. The molecule has 0 saturated heterocycles. The topological polar surface area (TPSA) is 47.3 Å². The first kappa shape index (κ1) is 15.3. The molecule has 0 amide bonds. The Hall–Kier alpha value is -2.08. The smallest absolute Gasteiger partial charge is 0.418 e. The molecule has 2 rings (SSSR count). The van der Waals surface area contributed by atoms with Gasteiger partial charge in [0.1, 0.15) is 5.75 Å². The maximum Gasteiger partial charge on any atom is 0.418 e. The standard InChI is InChI=1S/C14H12ClF3N2O/c1-21-9-3-5-13(11(19)7-9)20-12-4-2-8(15)6-10(12)14(16,17)18/h2-7,20H,19H2,1H3. The molecule has 0 spiro atoms. The predicted octanol–water partition coefficient (Wildman–Crippen LogP) is 4.69. The Balaban J connectivity index is 2.40. The van der Waals surface area contributed by atoms with Crippen molar-refractivity contribution in [3.63, 3.8) is 0 Å². The normalized spacial score (nSPS) is 11.3. The predicted molar refractivity (Wildman–Crippen MR) is 77.1 cm³/mol. The number of benzene rings is 2. The second-order valence-corrected chi connectivity index (χ2v) is 4.70. The molecule has 7 heteroatoms. The Morgan fingerprint density at radius 2 is 1.76 bits per heavy atom. The van der Waals surface area contributed by atoms with Crippen LogP contribution in [-0.4, -0.2) is 7.11 Å². The summed E-state index contributed by atoms with van der Waals surface area (Å²) in [6.45, 7) is 0. The van der Waals surface area contributed by atoms with Crippen LogP contribution in [0.3, 0.4) is 0 Å². The van der Waals surface area contributed by atoms with E-state index in [2.05, 4.69) is 5.32 Å². The molecule has 2 aromatic rings. The van der Waals surface area contributed by atoms with Crippen molar-refractivity contribution >= 4 is 28.7 Å². The summed E-state index contributed by atoms with van der Waals surface area (Å²) in [5, 5.41) is 2.68. The number of nitrogen functional groups attached to an aromatic ring is 1. The molecule has 2 aromatic carbocycles. The van der Waals surface area contributed by atoms with Crippen LogP contribution in [0, 0.1) is 0 Å². The number of anilines is 3. The summed E-state index contributed by atoms with van der Waals surface area (Å²) in [7, 11) is 1.48. The maximum absolute atomic E-state index is 13.0. The molecule has 0 bridgehead atoms. The molecule has 0 aliphatic heterocycles. The van der Waals surface area contributed by atoms with Gasteiger partial charge in [-0.15, -0.1) is 0 Å². The Morgan fingerprint density at radius 3 is 2.33 bits per heavy atom. The third-order valence-electron chi connectivity index (χ3n) is 2.82. The first-order valence-corrected chi connectivity index (χ1v) is 6.26. The minimum atomic E-state index is -4.52. The van der Waals surface area contributed by atoms with Crippen LogP contribution in [0.25, 0.3) is 0 Å². The van der Waals surface area contributed by atoms with Crippen LogP contribution in [0.1, 0.15) is 5.56 Å². The molecule has 21 heavy (non-hydrogen) atoms. The highest BCUT2D eigenvalue weighted by Crippen LogP contribution is 2.38. The zero-order valence-corrected chi connectivity index (χ0v) is 11.7. The number of hydrogen-bond acceptors (Lipinski definition) is 3. The van der Waals surface area contributed by atoms with Crippen molar-refractivity contribution in [3.05, 3.63) is 47.0 Å². The van der Waals surface area contributed by atoms with E-state index >= 15 is 0 Å². The molecule has 0 heterocycles. The molecule has 0 unspecified atom stereocenters. The molecule has 0 fully saturated rings. The highest BCUT2D eigenvalue weighted by atomic mass is 35.5. The van der Waals surface area contributed by atoms with E-state index in [1.807, 2.05) is 0 Å². The van der Waals surface area contributed by atoms with E-state index < -0.39 is 11.7 Å². The van der Waals surface area contributed by atoms with E-state index in [1.165, 1.54) is 25.3 Å². The van der Waals surface area contributed by atoms with Gasteiger partial charge < -0.3 is 15.8 Å². The van der Waals surface area contributed by atoms with E-state index in [0.29, 0.717) is 11.4 Å². The summed E-state index contributed by atoms with van der Waals surface area (Å²) in [5.41, 5.74) is 5.43. The van der Waals surface area contributed by atoms with Crippen molar-refractivity contribution < 1.29 is 17.9 Å². The fourth-order valence-corrected chi connectivity index (χ4v) is 1.96. The average Bonchev–Trinajstić information content (AvgIpc) is 2.41. The van der Waals surface area contributed by atoms with Crippen LogP contribution in [0.5, 0.6) is 5.75 Å². The van der Waals surface area contributed by atoms with Crippen LogP contribution < -0.4 is 15.8 Å². The maximum atomic E-state index is 13.0. The van der Waals surface area contributed by atoms with Gasteiger partial charge in [0.15, 0.2) is 0 Å². The SMILES string of the molecule is COc1ccc(Nc2ccc(Cl)cc2C(F)(F)F)c(N)c1. The van der Waals surface area contributed by atoms with E-state index in [4.69, 9.17) is 22.1 Å². The van der Waals surface area contributed by atoms with Gasteiger partial charge in [-0.3, -0.25) is 0 Å². The lowest BCUT2D eigenvalue weighted by Gasteiger charge is -2.16. The molecule has 0 aromatic heterocycles. The van der Waals surface area contributed by atoms with Crippen LogP contribution in [-0.2, 0) is 6.18 Å². The third kappa shape index (κ3) is 3.52. The number of nitrogens with one attached hydrogen (secondary N) is 1. The lowest BCUT2D eigenvalue weighted by molar-refractivity contribution is -0.136. The summed E-state index contributed by atoms with van der Waals surface area (Å²) in [6.07, 6.45) is -4.52. The second kappa shape index (κ2) is 5.73. The van der Waals surface area contributed by atoms with E-state index in [9.17, 15) is 13.2 Å². The number of alkyl halides is 3. The van der Waals surface area contributed by atoms with Crippen molar-refractivity contribution in [1.29, 1.82) is 0 Å². The van der Waals surface area contributed by atoms with Gasteiger partial charge in [0.25, 0.3) is 0 Å². The fraction of sp³-hybridized carbons (Fsp3) is 0.143. The third-order valence-corrected chi connectivity index (χ3v) is 3.05. The summed E-state index contributed by atoms with van der Waals surface area (Å²) >= 11 is 5.63. The lowest BCUT2D eigenvalue weighted by atomic mass is 10.1. The molecule has 0 aliphatic carbocycles. The minimum Gasteiger partial charge on any atom is -0.497 e. The van der Waals surface area contributed by atoms with E-state index in [1.54, 1.807) is 12.1 Å². The van der Waals surface area contributed by atoms with Gasteiger partial charge in [-0.1, -0.05) is 11.6 Å². The Bertz CT molecular complexity index is 659. The fourth-order valence-electron chi connectivity index (χ4n) is 1.79. The number of rotatable bonds is 3. The minimum absolute atomic E-state index is 0.00979. The molecule has 112 valence electrons. The first-order chi connectivity index (χ1) is 9.81. The van der Waals surface area contributed by atoms with Gasteiger partial charge in [0.2, 0.25) is 0 Å². The van der Waals surface area contributed by atoms with Gasteiger partial charge in [0, 0.05) is 11.1 Å². The molecular weight excluding hydrogens is 305 g/mol. The lowest BCUT2D eigenvalue weighted by Crippen LogP contribution is -2.09. The molecule has 0 atom stereocenters. The summed E-state index contributed by atoms with van der Waals surface area (Å²) in [4.78, 5) is 0. The molecule has 0 saturated carbocycles. The van der Waals surface area contributed by atoms with Gasteiger partial charge >= 0.3 is 6.18 Å². The van der Waals surface area contributed by atoms with Gasteiger partial charge in [-0.05, 0) is 30.3 Å². The van der Waals surface area contributed by atoms with E-state index in [0.717, 1.165) is 6.07 Å². The molecular formula is C14H12ClF3N2O. The number of ether oxygens (including phenoxy) is 1. The quantitative estimate of drug-likeness (QED) is 0.807. The van der Waals surface area contributed by atoms with Gasteiger partial charge in [-0.2, -0.15) is 13.2 Å². The second-order valence-electron chi connectivity index (χ2n) is 4.27. The summed E-state index contributed by atoms with van der Waals surface area (Å²) < 4.78 is 44.0. The molecule has 3 N–H and O–H groups in total. The number of halogens is 4. The average molecular weight is 317 g/mol. The Morgan fingerprint density at radius 1 is 1.10 bits per heavy atom. The Kier molecular flexibility index (Phi) is 4.18. The van der Waals surface area contributed by atoms with Crippen LogP contribution >= 0.6 is 11.6 Å². The van der Waals surface area contributed by atoms with E-state index in [-0.39, 0.29) is 16.4 Å². The van der Waals surface area contributed by atoms with Crippen LogP contribution in [0.4, 0.5) is 30.2 Å². The van der Waals surface area contributed by atoms with Crippen molar-refractivity contribution in [2.24, 2.45) is 0 Å². The highest BCUT2D eigenvalue weighted by molar-refractivity contribution is 6.30. The number of methoxy groups -OCH3 is 1. The van der Waals surface area contributed by atoms with Crippen LogP contribution in [0.15, 0.2) is 36.4 Å². The first-order valence-electron chi connectivity index (χ1n) is 5.88. The zero-order valence-electron chi connectivity index (χ0n) is 11.0. The van der Waals surface area contributed by atoms with Gasteiger partial charge in [-0.25, -0.2) is 0 Å². The van der Waals surface area contributed by atoms with Crippen molar-refractivity contribution in [2.45, 2.75) is 6.18 Å². The Labute approximate surface area is 124 Å². The van der Waals surface area contributed by atoms with Crippen molar-refractivity contribution in [2.75, 3.05) is 18.2 Å². The van der Waals surface area contributed by atoms with Crippen LogP contribution in [0.2, 0.25) is 5.02 Å². The summed E-state index contributed by atoms with van der Waals surface area (Å²) in [5.74, 6) is 0.519. The summed E-state index contributed by atoms with van der Waals surface area (Å²) in [6, 6.07) is 8.16. The molecule has 0 aliphatic rings.